The van der Waals surface area contributed by atoms with E-state index in [4.69, 9.17) is 17.4 Å². The van der Waals surface area contributed by atoms with Gasteiger partial charge >= 0.3 is 0 Å². The lowest BCUT2D eigenvalue weighted by Gasteiger charge is -2.37. The molecule has 1 atom stereocenters. The number of pyridine rings is 1. The third-order valence-corrected chi connectivity index (χ3v) is 3.63. The van der Waals surface area contributed by atoms with Crippen molar-refractivity contribution in [1.29, 1.82) is 0 Å². The number of hydrazine groups is 1. The maximum absolute atomic E-state index is 12.4. The second-order valence-electron chi connectivity index (χ2n) is 4.79. The summed E-state index contributed by atoms with van der Waals surface area (Å²) in [5.74, 6) is 5.65. The summed E-state index contributed by atoms with van der Waals surface area (Å²) >= 11 is 5.88. The number of rotatable bonds is 2. The summed E-state index contributed by atoms with van der Waals surface area (Å²) in [5.41, 5.74) is 2.91. The number of nitrogens with one attached hydrogen (secondary N) is 1. The van der Waals surface area contributed by atoms with Gasteiger partial charge in [-0.2, -0.15) is 0 Å². The molecule has 6 nitrogen and oxygen atoms in total. The zero-order chi connectivity index (χ0) is 14.0. The van der Waals surface area contributed by atoms with Gasteiger partial charge in [-0.3, -0.25) is 4.79 Å². The van der Waals surface area contributed by atoms with Crippen molar-refractivity contribution in [3.05, 3.63) is 22.8 Å². The monoisotopic (exact) mass is 283 g/mol. The first-order chi connectivity index (χ1) is 9.01. The van der Waals surface area contributed by atoms with Crippen LogP contribution in [0.2, 0.25) is 5.15 Å². The van der Waals surface area contributed by atoms with Gasteiger partial charge in [-0.25, -0.2) is 10.8 Å². The van der Waals surface area contributed by atoms with Crippen LogP contribution in [-0.4, -0.2) is 53.4 Å². The van der Waals surface area contributed by atoms with Crippen molar-refractivity contribution >= 4 is 23.3 Å². The van der Waals surface area contributed by atoms with Crippen molar-refractivity contribution in [2.45, 2.75) is 13.0 Å². The largest absolute Gasteiger partial charge is 0.336 e. The van der Waals surface area contributed by atoms with Gasteiger partial charge in [0.15, 0.2) is 0 Å². The third kappa shape index (κ3) is 3.15. The molecule has 2 heterocycles. The average Bonchev–Trinajstić information content (AvgIpc) is 2.40. The molecule has 0 bridgehead atoms. The number of nitrogen functional groups attached to an aromatic ring is 1. The maximum atomic E-state index is 12.4. The van der Waals surface area contributed by atoms with Gasteiger partial charge < -0.3 is 15.2 Å². The number of aromatic nitrogens is 1. The van der Waals surface area contributed by atoms with Crippen LogP contribution in [0.4, 0.5) is 5.82 Å². The molecule has 1 aliphatic heterocycles. The summed E-state index contributed by atoms with van der Waals surface area (Å²) in [6.45, 7) is 4.39. The van der Waals surface area contributed by atoms with Crippen LogP contribution in [0.5, 0.6) is 0 Å². The van der Waals surface area contributed by atoms with Crippen LogP contribution < -0.4 is 11.3 Å². The molecule has 0 aliphatic carbocycles. The van der Waals surface area contributed by atoms with Crippen molar-refractivity contribution in [2.24, 2.45) is 5.84 Å². The summed E-state index contributed by atoms with van der Waals surface area (Å²) in [5, 5.41) is 0.251. The first-order valence-corrected chi connectivity index (χ1v) is 6.52. The van der Waals surface area contributed by atoms with Crippen molar-refractivity contribution in [2.75, 3.05) is 32.1 Å². The Labute approximate surface area is 117 Å². The summed E-state index contributed by atoms with van der Waals surface area (Å²) < 4.78 is 0. The van der Waals surface area contributed by atoms with E-state index >= 15 is 0 Å². The molecule has 1 aliphatic rings. The smallest absolute Gasteiger partial charge is 0.254 e. The van der Waals surface area contributed by atoms with Gasteiger partial charge in [0.1, 0.15) is 11.0 Å². The highest BCUT2D eigenvalue weighted by molar-refractivity contribution is 6.29. The topological polar surface area (TPSA) is 74.5 Å². The van der Waals surface area contributed by atoms with Crippen LogP contribution >= 0.6 is 11.6 Å². The number of nitrogens with zero attached hydrogens (tertiary/aromatic N) is 3. The van der Waals surface area contributed by atoms with Crippen molar-refractivity contribution in [3.8, 4) is 0 Å². The molecule has 3 N–H and O–H groups in total. The van der Waals surface area contributed by atoms with E-state index in [1.807, 2.05) is 4.90 Å². The number of carbonyl (C=O) groups is 1. The van der Waals surface area contributed by atoms with Crippen molar-refractivity contribution in [3.63, 3.8) is 0 Å². The molecule has 104 valence electrons. The van der Waals surface area contributed by atoms with Crippen LogP contribution in [0.3, 0.4) is 0 Å². The summed E-state index contributed by atoms with van der Waals surface area (Å²) in [6, 6.07) is 3.52. The van der Waals surface area contributed by atoms with Gasteiger partial charge in [0.25, 0.3) is 5.91 Å². The fourth-order valence-electron chi connectivity index (χ4n) is 2.11. The van der Waals surface area contributed by atoms with E-state index in [0.717, 1.165) is 6.54 Å². The third-order valence-electron chi connectivity index (χ3n) is 3.44. The second kappa shape index (κ2) is 5.73. The number of hydrogen-bond donors (Lipinski definition) is 2. The molecule has 0 aromatic carbocycles. The minimum absolute atomic E-state index is 0.0410. The van der Waals surface area contributed by atoms with E-state index < -0.39 is 0 Å². The standard InChI is InChI=1S/C12H18ClN5O/c1-8-7-18(4-3-17(8)2)12(19)9-5-10(13)15-11(6-9)16-14/h5-6,8H,3-4,7,14H2,1-2H3,(H,15,16). The van der Waals surface area contributed by atoms with Crippen molar-refractivity contribution < 1.29 is 4.79 Å². The Bertz CT molecular complexity index is 481. The van der Waals surface area contributed by atoms with Crippen LogP contribution in [-0.2, 0) is 0 Å². The fourth-order valence-corrected chi connectivity index (χ4v) is 2.32. The molecular formula is C12H18ClN5O. The number of halogens is 1. The Kier molecular flexibility index (Phi) is 4.24. The van der Waals surface area contributed by atoms with E-state index in [-0.39, 0.29) is 11.1 Å². The molecule has 2 rings (SSSR count). The lowest BCUT2D eigenvalue weighted by Crippen LogP contribution is -2.52. The molecule has 0 radical (unpaired) electrons. The predicted molar refractivity (Wildman–Crippen MR) is 75.1 cm³/mol. The summed E-state index contributed by atoms with van der Waals surface area (Å²) in [4.78, 5) is 20.4. The first-order valence-electron chi connectivity index (χ1n) is 6.15. The molecule has 7 heteroatoms. The normalized spacial score (nSPS) is 20.4. The van der Waals surface area contributed by atoms with E-state index in [1.54, 1.807) is 12.1 Å². The van der Waals surface area contributed by atoms with Gasteiger partial charge in [-0.1, -0.05) is 11.6 Å². The average molecular weight is 284 g/mol. The minimum Gasteiger partial charge on any atom is -0.336 e. The summed E-state index contributed by atoms with van der Waals surface area (Å²) in [7, 11) is 2.06. The van der Waals surface area contributed by atoms with Crippen LogP contribution in [0.1, 0.15) is 17.3 Å². The number of carbonyl (C=O) groups excluding carboxylic acids is 1. The Morgan fingerprint density at radius 3 is 2.89 bits per heavy atom. The summed E-state index contributed by atoms with van der Waals surface area (Å²) in [6.07, 6.45) is 0. The Morgan fingerprint density at radius 2 is 2.26 bits per heavy atom. The van der Waals surface area contributed by atoms with E-state index in [9.17, 15) is 4.79 Å². The van der Waals surface area contributed by atoms with Gasteiger partial charge in [-0.05, 0) is 26.1 Å². The number of hydrogen-bond acceptors (Lipinski definition) is 5. The second-order valence-corrected chi connectivity index (χ2v) is 5.18. The number of likely N-dealkylation sites (N-methyl/N-ethyl adjacent to an activating group) is 1. The van der Waals surface area contributed by atoms with Gasteiger partial charge in [0.05, 0.1) is 0 Å². The SMILES string of the molecule is CC1CN(C(=O)c2cc(Cl)nc(NN)c2)CCN1C. The molecule has 1 unspecified atom stereocenters. The highest BCUT2D eigenvalue weighted by Crippen LogP contribution is 2.17. The fraction of sp³-hybridized carbons (Fsp3) is 0.500. The molecule has 1 amide bonds. The number of piperazine rings is 1. The van der Waals surface area contributed by atoms with Gasteiger partial charge in [0.2, 0.25) is 0 Å². The lowest BCUT2D eigenvalue weighted by molar-refractivity contribution is 0.0572. The molecule has 1 aromatic heterocycles. The Morgan fingerprint density at radius 1 is 1.53 bits per heavy atom. The van der Waals surface area contributed by atoms with E-state index in [2.05, 4.69) is 29.3 Å². The Hall–Kier alpha value is -1.37. The Balaban J connectivity index is 2.17. The zero-order valence-electron chi connectivity index (χ0n) is 11.1. The molecule has 1 saturated heterocycles. The number of anilines is 1. The van der Waals surface area contributed by atoms with Gasteiger partial charge in [0, 0.05) is 31.2 Å². The molecule has 1 fully saturated rings. The highest BCUT2D eigenvalue weighted by atomic mass is 35.5. The molecular weight excluding hydrogens is 266 g/mol. The number of amides is 1. The maximum Gasteiger partial charge on any atom is 0.254 e. The zero-order valence-corrected chi connectivity index (χ0v) is 11.8. The molecule has 1 aromatic rings. The lowest BCUT2D eigenvalue weighted by atomic mass is 10.1. The van der Waals surface area contributed by atoms with Crippen LogP contribution in [0.25, 0.3) is 0 Å². The highest BCUT2D eigenvalue weighted by Gasteiger charge is 2.25. The predicted octanol–water partition coefficient (Wildman–Crippen LogP) is 0.797. The molecule has 19 heavy (non-hydrogen) atoms. The molecule has 0 spiro atoms. The minimum atomic E-state index is -0.0410. The van der Waals surface area contributed by atoms with Crippen molar-refractivity contribution in [1.82, 2.24) is 14.8 Å². The quantitative estimate of drug-likeness (QED) is 0.477. The van der Waals surface area contributed by atoms with E-state index in [0.29, 0.717) is 30.5 Å². The number of nitrogens with two attached hydrogens (primary N) is 1. The van der Waals surface area contributed by atoms with Gasteiger partial charge in [-0.15, -0.1) is 0 Å². The van der Waals surface area contributed by atoms with Crippen LogP contribution in [0.15, 0.2) is 12.1 Å². The van der Waals surface area contributed by atoms with E-state index in [1.165, 1.54) is 0 Å². The molecule has 0 saturated carbocycles. The first kappa shape index (κ1) is 14.0. The van der Waals surface area contributed by atoms with Crippen LogP contribution in [0, 0.1) is 0 Å².